The molecule has 2 aliphatic heterocycles. The van der Waals surface area contributed by atoms with Crippen LogP contribution in [0.5, 0.6) is 0 Å². The van der Waals surface area contributed by atoms with E-state index >= 15 is 0 Å². The molecule has 18 rings (SSSR count). The van der Waals surface area contributed by atoms with Gasteiger partial charge in [-0.15, -0.1) is 0 Å². The quantitative estimate of drug-likeness (QED) is 0.134. The van der Waals surface area contributed by atoms with E-state index in [1.54, 1.807) is 0 Å². The molecule has 0 amide bonds. The van der Waals surface area contributed by atoms with Crippen LogP contribution in [-0.2, 0) is 27.1 Å². The number of hydrogen-bond donors (Lipinski definition) is 0. The van der Waals surface area contributed by atoms with E-state index in [-0.39, 0.29) is 33.8 Å². The van der Waals surface area contributed by atoms with Crippen LogP contribution in [0.25, 0.3) is 111 Å². The highest BCUT2D eigenvalue weighted by Gasteiger charge is 2.47. The Bertz CT molecular complexity index is 6130. The molecule has 5 heteroatoms. The van der Waals surface area contributed by atoms with E-state index in [1.807, 2.05) is 0 Å². The van der Waals surface area contributed by atoms with Crippen molar-refractivity contribution in [2.75, 3.05) is 9.80 Å². The van der Waals surface area contributed by atoms with Crippen LogP contribution in [0, 0.1) is 0 Å². The van der Waals surface area contributed by atoms with Gasteiger partial charge in [0.05, 0.1) is 33.4 Å². The van der Waals surface area contributed by atoms with Gasteiger partial charge in [0.2, 0.25) is 0 Å². The molecule has 534 valence electrons. The third-order valence-electron chi connectivity index (χ3n) is 23.4. The summed E-state index contributed by atoms with van der Waals surface area (Å²) in [6.45, 7) is 35.3. The van der Waals surface area contributed by atoms with Crippen molar-refractivity contribution in [2.24, 2.45) is 0 Å². The molecule has 14 aromatic carbocycles. The van der Waals surface area contributed by atoms with Gasteiger partial charge in [-0.3, -0.25) is 0 Å². The number of aromatic nitrogens is 2. The van der Waals surface area contributed by atoms with Crippen LogP contribution in [0.15, 0.2) is 303 Å². The van der Waals surface area contributed by atoms with E-state index in [1.165, 1.54) is 127 Å². The highest BCUT2D eigenvalue weighted by Crippen LogP contribution is 2.56. The van der Waals surface area contributed by atoms with Gasteiger partial charge in [-0.1, -0.05) is 316 Å². The minimum absolute atomic E-state index is 0.0997. The first-order chi connectivity index (χ1) is 52.2. The van der Waals surface area contributed by atoms with Crippen LogP contribution in [0.2, 0.25) is 0 Å². The lowest BCUT2D eigenvalue weighted by atomic mass is 9.33. The molecular weight excluding hydrogens is 1320 g/mol. The van der Waals surface area contributed by atoms with Crippen LogP contribution in [-0.4, -0.2) is 15.8 Å². The summed E-state index contributed by atoms with van der Waals surface area (Å²) in [5.41, 5.74) is 34.9. The van der Waals surface area contributed by atoms with Crippen molar-refractivity contribution in [3.05, 3.63) is 331 Å². The van der Waals surface area contributed by atoms with Crippen molar-refractivity contribution in [1.29, 1.82) is 0 Å². The maximum Gasteiger partial charge on any atom is 0.252 e. The Morgan fingerprint density at radius 3 is 0.945 bits per heavy atom. The summed E-state index contributed by atoms with van der Waals surface area (Å²) in [7, 11) is 0. The second kappa shape index (κ2) is 25.5. The van der Waals surface area contributed by atoms with Gasteiger partial charge >= 0.3 is 0 Å². The van der Waals surface area contributed by atoms with Gasteiger partial charge in [0.1, 0.15) is 0 Å². The monoisotopic (exact) mass is 1410 g/mol. The predicted molar refractivity (Wildman–Crippen MR) is 470 cm³/mol. The largest absolute Gasteiger partial charge is 0.310 e. The maximum atomic E-state index is 2.75. The molecule has 0 saturated carbocycles. The summed E-state index contributed by atoms with van der Waals surface area (Å²) in [6, 6.07) is 117. The van der Waals surface area contributed by atoms with E-state index in [2.05, 4.69) is 426 Å². The summed E-state index contributed by atoms with van der Waals surface area (Å²) in [5.74, 6) is 0. The highest BCUT2D eigenvalue weighted by atomic mass is 15.2. The molecule has 0 saturated heterocycles. The summed E-state index contributed by atoms with van der Waals surface area (Å²) < 4.78 is 5.02. The van der Waals surface area contributed by atoms with Gasteiger partial charge in [-0.05, 0) is 196 Å². The molecule has 0 radical (unpaired) electrons. The lowest BCUT2D eigenvalue weighted by molar-refractivity contribution is 0.569. The average Bonchev–Trinajstić information content (AvgIpc) is 1.13. The lowest BCUT2D eigenvalue weighted by Crippen LogP contribution is -2.61. The second-order valence-electron chi connectivity index (χ2n) is 35.8. The fourth-order valence-electron chi connectivity index (χ4n) is 17.4. The van der Waals surface area contributed by atoms with Crippen LogP contribution in [0.4, 0.5) is 34.1 Å². The molecular formula is C104H95BN4. The topological polar surface area (TPSA) is 16.3 Å². The number of para-hydroxylation sites is 3. The predicted octanol–water partition coefficient (Wildman–Crippen LogP) is 26.8. The minimum atomic E-state index is -0.335. The number of rotatable bonds is 9. The van der Waals surface area contributed by atoms with Crippen molar-refractivity contribution in [3.63, 3.8) is 0 Å². The van der Waals surface area contributed by atoms with Gasteiger partial charge in [0.25, 0.3) is 6.71 Å². The van der Waals surface area contributed by atoms with Crippen molar-refractivity contribution >= 4 is 101 Å². The SMILES string of the molecule is CC(C)(C)c1cc(-c2ccc3c(c2)N(c2c(-c4ccccc4)cc(C(C)(C)C)cc2-c2ccccc2)c2cc(C(C)(C)C)cc4c2B3c2ccc(-n3c5ccccc5c5cc6c(cc53)c3ccccc3n6-c3ccccc3)cc2N4c2c(-c3ccccc3)cc(C(C)(C)C)cc2-c2ccccc2)cc(C(C)(C)C)c1. The van der Waals surface area contributed by atoms with Gasteiger partial charge in [-0.25, -0.2) is 0 Å². The molecule has 0 fully saturated rings. The second-order valence-corrected chi connectivity index (χ2v) is 35.8. The standard InChI is InChI=1S/C104H95BN4/c1-100(2,3)72-53-71(54-73(56-72)101(4,5)6)70-49-51-87-93(55-70)108(98-81(66-35-21-16-22-36-66)57-74(102(7,8)9)58-82(98)67-37-23-17-24-38-67)95-61-76(104(13,14)15)62-96-97(95)105(87)88-52-50-78(63-94(88)109(96)99-83(68-39-25-18-26-40-68)59-75(103(10,11)12)60-84(99)69-41-27-19-28-42-69)107-90-48-34-32-46-80(90)86-64-91-85(65-92(86)107)79-45-31-33-47-89(79)106(91)77-43-29-20-30-44-77/h16-65H,1-15H3. The molecule has 0 aliphatic carbocycles. The Morgan fingerprint density at radius 2 is 0.550 bits per heavy atom. The molecule has 0 spiro atoms. The normalized spacial score (nSPS) is 13.2. The zero-order valence-electron chi connectivity index (χ0n) is 65.7. The van der Waals surface area contributed by atoms with Gasteiger partial charge in [-0.2, -0.15) is 0 Å². The van der Waals surface area contributed by atoms with Crippen LogP contribution >= 0.6 is 0 Å². The molecule has 4 nitrogen and oxygen atoms in total. The molecule has 0 atom stereocenters. The van der Waals surface area contributed by atoms with Crippen LogP contribution < -0.4 is 26.2 Å². The summed E-state index contributed by atoms with van der Waals surface area (Å²) in [4.78, 5) is 5.51. The zero-order chi connectivity index (χ0) is 75.4. The first kappa shape index (κ1) is 69.1. The first-order valence-electron chi connectivity index (χ1n) is 39.1. The fraction of sp³-hybridized carbons (Fsp3) is 0.192. The Kier molecular flexibility index (Phi) is 16.2. The first-order valence-corrected chi connectivity index (χ1v) is 39.1. The fourth-order valence-corrected chi connectivity index (χ4v) is 17.4. The van der Waals surface area contributed by atoms with Crippen molar-refractivity contribution in [1.82, 2.24) is 9.13 Å². The average molecular weight is 1410 g/mol. The Balaban J connectivity index is 1.02. The number of anilines is 6. The van der Waals surface area contributed by atoms with Gasteiger partial charge < -0.3 is 18.9 Å². The van der Waals surface area contributed by atoms with E-state index in [9.17, 15) is 0 Å². The van der Waals surface area contributed by atoms with Crippen molar-refractivity contribution in [3.8, 4) is 67.0 Å². The minimum Gasteiger partial charge on any atom is -0.310 e. The van der Waals surface area contributed by atoms with Crippen molar-refractivity contribution < 1.29 is 0 Å². The lowest BCUT2D eigenvalue weighted by Gasteiger charge is -2.47. The van der Waals surface area contributed by atoms with E-state index in [0.29, 0.717) is 0 Å². The van der Waals surface area contributed by atoms with E-state index < -0.39 is 0 Å². The number of fused-ring (bicyclic) bond motifs is 10. The molecule has 0 bridgehead atoms. The summed E-state index contributed by atoms with van der Waals surface area (Å²) in [6.07, 6.45) is 0. The molecule has 2 aromatic heterocycles. The third-order valence-corrected chi connectivity index (χ3v) is 23.4. The van der Waals surface area contributed by atoms with Crippen LogP contribution in [0.1, 0.15) is 132 Å². The third kappa shape index (κ3) is 11.7. The van der Waals surface area contributed by atoms with Crippen LogP contribution in [0.3, 0.4) is 0 Å². The number of benzene rings is 14. The maximum absolute atomic E-state index is 2.75. The Hall–Kier alpha value is -11.7. The molecule has 0 N–H and O–H groups in total. The Labute approximate surface area is 644 Å². The van der Waals surface area contributed by atoms with E-state index in [4.69, 9.17) is 0 Å². The zero-order valence-corrected chi connectivity index (χ0v) is 65.7. The molecule has 16 aromatic rings. The molecule has 0 unspecified atom stereocenters. The number of nitrogens with zero attached hydrogens (tertiary/aromatic N) is 4. The summed E-state index contributed by atoms with van der Waals surface area (Å²) >= 11 is 0. The van der Waals surface area contributed by atoms with Gasteiger partial charge in [0, 0.05) is 77.9 Å². The van der Waals surface area contributed by atoms with Crippen molar-refractivity contribution in [2.45, 2.75) is 131 Å². The summed E-state index contributed by atoms with van der Waals surface area (Å²) in [5, 5.41) is 4.85. The molecule has 109 heavy (non-hydrogen) atoms. The van der Waals surface area contributed by atoms with Gasteiger partial charge in [0.15, 0.2) is 0 Å². The molecule has 2 aliphatic rings. The Morgan fingerprint density at radius 1 is 0.220 bits per heavy atom. The smallest absolute Gasteiger partial charge is 0.252 e. The highest BCUT2D eigenvalue weighted by molar-refractivity contribution is 7.00. The molecule has 4 heterocycles. The van der Waals surface area contributed by atoms with E-state index in [0.717, 1.165) is 62.0 Å². The number of hydrogen-bond acceptors (Lipinski definition) is 2.